The van der Waals surface area contributed by atoms with Gasteiger partial charge in [0.15, 0.2) is 0 Å². The van der Waals surface area contributed by atoms with Crippen LogP contribution in [0.2, 0.25) is 0 Å². The number of nitrogens with zero attached hydrogens (tertiary/aromatic N) is 1. The molecule has 0 saturated heterocycles. The molecular formula is C7H9ClN2. The molecule has 2 nitrogen and oxygen atoms in total. The highest BCUT2D eigenvalue weighted by Crippen LogP contribution is 2.22. The number of hydrazine groups is 1. The first kappa shape index (κ1) is 7.38. The van der Waals surface area contributed by atoms with Crippen molar-refractivity contribution in [2.45, 2.75) is 6.92 Å². The van der Waals surface area contributed by atoms with E-state index in [-0.39, 0.29) is 0 Å². The van der Waals surface area contributed by atoms with Gasteiger partial charge in [0, 0.05) is 6.20 Å². The van der Waals surface area contributed by atoms with Gasteiger partial charge in [0.1, 0.15) is 0 Å². The number of rotatable bonds is 0. The molecule has 0 aromatic carbocycles. The molecule has 1 aliphatic heterocycles. The monoisotopic (exact) mass is 156 g/mol. The van der Waals surface area contributed by atoms with Crippen LogP contribution in [0.15, 0.2) is 35.2 Å². The van der Waals surface area contributed by atoms with Crippen molar-refractivity contribution in [1.82, 2.24) is 5.01 Å². The molecule has 0 aliphatic carbocycles. The summed E-state index contributed by atoms with van der Waals surface area (Å²) >= 11 is 5.76. The summed E-state index contributed by atoms with van der Waals surface area (Å²) in [4.78, 5) is 0. The molecule has 0 saturated carbocycles. The largest absolute Gasteiger partial charge is 0.286 e. The van der Waals surface area contributed by atoms with Gasteiger partial charge in [-0.2, -0.15) is 0 Å². The van der Waals surface area contributed by atoms with Crippen LogP contribution >= 0.6 is 11.6 Å². The second-order valence-electron chi connectivity index (χ2n) is 2.22. The van der Waals surface area contributed by atoms with E-state index in [1.54, 1.807) is 6.20 Å². The predicted molar refractivity (Wildman–Crippen MR) is 42.9 cm³/mol. The molecule has 0 aromatic heterocycles. The van der Waals surface area contributed by atoms with Gasteiger partial charge < -0.3 is 0 Å². The predicted octanol–water partition coefficient (Wildman–Crippen LogP) is 1.72. The molecule has 0 atom stereocenters. The van der Waals surface area contributed by atoms with E-state index in [1.165, 1.54) is 5.01 Å². The van der Waals surface area contributed by atoms with E-state index in [9.17, 15) is 0 Å². The minimum atomic E-state index is 0.600. The molecule has 0 radical (unpaired) electrons. The van der Waals surface area contributed by atoms with Crippen molar-refractivity contribution < 1.29 is 0 Å². The minimum absolute atomic E-state index is 0.600. The van der Waals surface area contributed by atoms with Crippen molar-refractivity contribution >= 4 is 11.6 Å². The van der Waals surface area contributed by atoms with Crippen molar-refractivity contribution in [2.24, 2.45) is 5.84 Å². The second kappa shape index (κ2) is 2.48. The van der Waals surface area contributed by atoms with Crippen LogP contribution in [0.5, 0.6) is 0 Å². The molecule has 0 amide bonds. The molecule has 3 heteroatoms. The summed E-state index contributed by atoms with van der Waals surface area (Å²) in [6, 6.07) is 0. The van der Waals surface area contributed by atoms with Gasteiger partial charge in [0.2, 0.25) is 0 Å². The fourth-order valence-corrected chi connectivity index (χ4v) is 1.01. The molecule has 2 N–H and O–H groups in total. The molecule has 10 heavy (non-hydrogen) atoms. The Morgan fingerprint density at radius 3 is 2.80 bits per heavy atom. The van der Waals surface area contributed by atoms with Crippen molar-refractivity contribution in [3.63, 3.8) is 0 Å². The van der Waals surface area contributed by atoms with Crippen molar-refractivity contribution in [1.29, 1.82) is 0 Å². The van der Waals surface area contributed by atoms with Crippen LogP contribution in [0.25, 0.3) is 0 Å². The molecule has 1 aliphatic rings. The first-order valence-electron chi connectivity index (χ1n) is 2.90. The first-order valence-corrected chi connectivity index (χ1v) is 3.28. The van der Waals surface area contributed by atoms with Crippen LogP contribution in [0.4, 0.5) is 0 Å². The Morgan fingerprint density at radius 2 is 2.30 bits per heavy atom. The fourth-order valence-electron chi connectivity index (χ4n) is 0.741. The maximum atomic E-state index is 5.76. The highest BCUT2D eigenvalue weighted by atomic mass is 35.5. The molecule has 54 valence electrons. The molecule has 0 fully saturated rings. The van der Waals surface area contributed by atoms with Crippen LogP contribution in [-0.2, 0) is 0 Å². The lowest BCUT2D eigenvalue weighted by molar-refractivity contribution is 0.500. The lowest BCUT2D eigenvalue weighted by Crippen LogP contribution is -2.25. The quantitative estimate of drug-likeness (QED) is 0.541. The van der Waals surface area contributed by atoms with Crippen molar-refractivity contribution in [2.75, 3.05) is 0 Å². The van der Waals surface area contributed by atoms with E-state index in [4.69, 9.17) is 17.4 Å². The highest BCUT2D eigenvalue weighted by Gasteiger charge is 2.08. The van der Waals surface area contributed by atoms with Crippen LogP contribution in [0.1, 0.15) is 6.92 Å². The zero-order chi connectivity index (χ0) is 7.72. The first-order chi connectivity index (χ1) is 4.61. The highest BCUT2D eigenvalue weighted by molar-refractivity contribution is 6.32. The number of hydrogen-bond acceptors (Lipinski definition) is 2. The standard InChI is InChI=1S/C7H9ClN2/c1-5-3-7(8)6(2)10(9)4-5/h3-4H,2,9H2,1H3. The molecular weight excluding hydrogens is 148 g/mol. The summed E-state index contributed by atoms with van der Waals surface area (Å²) in [6.07, 6.45) is 3.60. The van der Waals surface area contributed by atoms with Gasteiger partial charge in [-0.25, -0.2) is 5.84 Å². The Labute approximate surface area is 65.2 Å². The molecule has 0 aromatic rings. The zero-order valence-electron chi connectivity index (χ0n) is 5.76. The number of hydrogen-bond donors (Lipinski definition) is 1. The van der Waals surface area contributed by atoms with E-state index in [2.05, 4.69) is 6.58 Å². The topological polar surface area (TPSA) is 29.3 Å². The van der Waals surface area contributed by atoms with Gasteiger partial charge in [-0.3, -0.25) is 5.01 Å². The van der Waals surface area contributed by atoms with Gasteiger partial charge >= 0.3 is 0 Å². The lowest BCUT2D eigenvalue weighted by Gasteiger charge is -2.20. The average Bonchev–Trinajstić information content (AvgIpc) is 1.82. The van der Waals surface area contributed by atoms with Gasteiger partial charge in [-0.05, 0) is 18.6 Å². The van der Waals surface area contributed by atoms with E-state index < -0.39 is 0 Å². The maximum Gasteiger partial charge on any atom is 0.0682 e. The zero-order valence-corrected chi connectivity index (χ0v) is 6.52. The van der Waals surface area contributed by atoms with Crippen molar-refractivity contribution in [3.05, 3.63) is 35.2 Å². The number of allylic oxidation sites excluding steroid dienone is 3. The minimum Gasteiger partial charge on any atom is -0.286 e. The third-order valence-corrected chi connectivity index (χ3v) is 1.61. The summed E-state index contributed by atoms with van der Waals surface area (Å²) in [5.41, 5.74) is 1.66. The number of halogens is 1. The van der Waals surface area contributed by atoms with E-state index in [0.717, 1.165) is 5.57 Å². The molecule has 0 unspecified atom stereocenters. The van der Waals surface area contributed by atoms with E-state index in [1.807, 2.05) is 13.0 Å². The summed E-state index contributed by atoms with van der Waals surface area (Å²) in [5, 5.41) is 2.01. The van der Waals surface area contributed by atoms with Crippen LogP contribution in [0, 0.1) is 0 Å². The normalized spacial score (nSPS) is 18.7. The van der Waals surface area contributed by atoms with Crippen LogP contribution < -0.4 is 5.84 Å². The van der Waals surface area contributed by atoms with Crippen LogP contribution in [-0.4, -0.2) is 5.01 Å². The summed E-state index contributed by atoms with van der Waals surface area (Å²) in [7, 11) is 0. The van der Waals surface area contributed by atoms with Gasteiger partial charge in [-0.15, -0.1) is 0 Å². The average molecular weight is 157 g/mol. The Hall–Kier alpha value is -0.730. The SMILES string of the molecule is C=C1C(Cl)=CC(C)=CN1N. The molecule has 0 bridgehead atoms. The summed E-state index contributed by atoms with van der Waals surface area (Å²) in [5.74, 6) is 5.49. The maximum absolute atomic E-state index is 5.76. The Balaban J connectivity index is 2.95. The van der Waals surface area contributed by atoms with Gasteiger partial charge in [-0.1, -0.05) is 18.2 Å². The third kappa shape index (κ3) is 1.23. The second-order valence-corrected chi connectivity index (χ2v) is 2.63. The van der Waals surface area contributed by atoms with E-state index in [0.29, 0.717) is 10.7 Å². The fraction of sp³-hybridized carbons (Fsp3) is 0.143. The van der Waals surface area contributed by atoms with E-state index >= 15 is 0 Å². The third-order valence-electron chi connectivity index (χ3n) is 1.28. The van der Waals surface area contributed by atoms with Gasteiger partial charge in [0.25, 0.3) is 0 Å². The molecule has 1 rings (SSSR count). The lowest BCUT2D eigenvalue weighted by atomic mass is 10.2. The number of nitrogens with two attached hydrogens (primary N) is 1. The Kier molecular flexibility index (Phi) is 1.83. The smallest absolute Gasteiger partial charge is 0.0682 e. The Morgan fingerprint density at radius 1 is 1.70 bits per heavy atom. The van der Waals surface area contributed by atoms with Crippen LogP contribution in [0.3, 0.4) is 0 Å². The Bertz CT molecular complexity index is 228. The summed E-state index contributed by atoms with van der Waals surface area (Å²) in [6.45, 7) is 5.59. The summed E-state index contributed by atoms with van der Waals surface area (Å²) < 4.78 is 0. The van der Waals surface area contributed by atoms with Crippen molar-refractivity contribution in [3.8, 4) is 0 Å². The molecule has 1 heterocycles. The molecule has 0 spiro atoms. The van der Waals surface area contributed by atoms with Gasteiger partial charge in [0.05, 0.1) is 10.7 Å².